The van der Waals surface area contributed by atoms with Crippen LogP contribution in [0.4, 0.5) is 22.0 Å². The summed E-state index contributed by atoms with van der Waals surface area (Å²) < 4.78 is 66.3. The molecule has 2 aliphatic carbocycles. The first-order valence-corrected chi connectivity index (χ1v) is 13.0. The van der Waals surface area contributed by atoms with Crippen LogP contribution < -0.4 is 0 Å². The molecule has 2 fully saturated rings. The molecular formula is C28H39F5. The van der Waals surface area contributed by atoms with Crippen LogP contribution in [0.2, 0.25) is 0 Å². The average Bonchev–Trinajstić information content (AvgIpc) is 2.77. The van der Waals surface area contributed by atoms with Gasteiger partial charge in [0.15, 0.2) is 0 Å². The zero-order valence-electron chi connectivity index (χ0n) is 19.9. The number of benzene rings is 1. The van der Waals surface area contributed by atoms with E-state index in [1.165, 1.54) is 64.2 Å². The monoisotopic (exact) mass is 470 g/mol. The van der Waals surface area contributed by atoms with Crippen molar-refractivity contribution in [3.05, 3.63) is 47.0 Å². The molecule has 0 spiro atoms. The van der Waals surface area contributed by atoms with Crippen LogP contribution in [-0.2, 0) is 6.18 Å². The van der Waals surface area contributed by atoms with Crippen molar-refractivity contribution in [1.29, 1.82) is 0 Å². The Morgan fingerprint density at radius 3 is 1.79 bits per heavy atom. The Hall–Kier alpha value is -1.39. The molecule has 3 rings (SSSR count). The van der Waals surface area contributed by atoms with E-state index in [-0.39, 0.29) is 5.92 Å². The molecule has 0 bridgehead atoms. The Bertz CT molecular complexity index is 727. The van der Waals surface area contributed by atoms with E-state index in [0.29, 0.717) is 17.4 Å². The van der Waals surface area contributed by atoms with Crippen molar-refractivity contribution in [2.24, 2.45) is 17.8 Å². The quantitative estimate of drug-likeness (QED) is 0.191. The van der Waals surface area contributed by atoms with Gasteiger partial charge in [0.2, 0.25) is 0 Å². The number of alkyl halides is 3. The predicted octanol–water partition coefficient (Wildman–Crippen LogP) is 9.98. The van der Waals surface area contributed by atoms with Crippen molar-refractivity contribution < 1.29 is 22.0 Å². The molecule has 0 unspecified atom stereocenters. The molecular weight excluding hydrogens is 431 g/mol. The topological polar surface area (TPSA) is 0 Å². The van der Waals surface area contributed by atoms with Gasteiger partial charge in [-0.15, -0.1) is 0 Å². The van der Waals surface area contributed by atoms with Crippen molar-refractivity contribution in [3.8, 4) is 0 Å². The molecule has 0 atom stereocenters. The zero-order chi connectivity index (χ0) is 23.8. The summed E-state index contributed by atoms with van der Waals surface area (Å²) in [6.07, 6.45) is 16.4. The van der Waals surface area contributed by atoms with Crippen LogP contribution in [-0.4, -0.2) is 0 Å². The number of hydrogen-bond donors (Lipinski definition) is 0. The molecule has 0 radical (unpaired) electrons. The van der Waals surface area contributed by atoms with Gasteiger partial charge in [0.1, 0.15) is 17.2 Å². The lowest BCUT2D eigenvalue weighted by Gasteiger charge is -2.29. The Balaban J connectivity index is 1.40. The summed E-state index contributed by atoms with van der Waals surface area (Å²) in [5.74, 6) is -1.06. The molecule has 0 aromatic heterocycles. The van der Waals surface area contributed by atoms with Crippen molar-refractivity contribution >= 4 is 0 Å². The van der Waals surface area contributed by atoms with Gasteiger partial charge in [-0.2, -0.15) is 13.2 Å². The summed E-state index contributed by atoms with van der Waals surface area (Å²) in [6, 6.07) is 1.77. The Morgan fingerprint density at radius 1 is 0.758 bits per heavy atom. The molecule has 0 saturated heterocycles. The second kappa shape index (κ2) is 12.4. The van der Waals surface area contributed by atoms with Crippen molar-refractivity contribution in [2.75, 3.05) is 0 Å². The molecule has 186 valence electrons. The highest BCUT2D eigenvalue weighted by atomic mass is 19.4. The lowest BCUT2D eigenvalue weighted by atomic mass is 9.76. The summed E-state index contributed by atoms with van der Waals surface area (Å²) >= 11 is 0. The highest BCUT2D eigenvalue weighted by Crippen LogP contribution is 2.40. The van der Waals surface area contributed by atoms with E-state index in [1.807, 2.05) is 0 Å². The number of halogens is 5. The molecule has 33 heavy (non-hydrogen) atoms. The second-order valence-electron chi connectivity index (χ2n) is 10.3. The smallest absolute Gasteiger partial charge is 0.206 e. The first-order valence-electron chi connectivity index (χ1n) is 13.0. The van der Waals surface area contributed by atoms with Crippen molar-refractivity contribution in [3.63, 3.8) is 0 Å². The maximum Gasteiger partial charge on any atom is 0.422 e. The van der Waals surface area contributed by atoms with Gasteiger partial charge in [-0.1, -0.05) is 57.6 Å². The molecule has 1 aromatic carbocycles. The van der Waals surface area contributed by atoms with Gasteiger partial charge in [-0.25, -0.2) is 8.78 Å². The highest BCUT2D eigenvalue weighted by molar-refractivity contribution is 5.31. The average molecular weight is 471 g/mol. The summed E-state index contributed by atoms with van der Waals surface area (Å²) in [4.78, 5) is 0. The van der Waals surface area contributed by atoms with Crippen molar-refractivity contribution in [2.45, 2.75) is 109 Å². The SMILES string of the molecule is CCCCCCC[C@H]1CC[C@H](/C=C/[C@H]2CC[C@H](c3cc(F)c(C(F)(F)F)c(F)c3)CC2)CC1. The van der Waals surface area contributed by atoms with E-state index in [0.717, 1.165) is 43.7 Å². The summed E-state index contributed by atoms with van der Waals surface area (Å²) in [5, 5.41) is 0. The normalized spacial score (nSPS) is 26.7. The third-order valence-corrected chi connectivity index (χ3v) is 7.85. The number of allylic oxidation sites excluding steroid dienone is 2. The number of hydrogen-bond acceptors (Lipinski definition) is 0. The maximum absolute atomic E-state index is 13.9. The third kappa shape index (κ3) is 7.82. The highest BCUT2D eigenvalue weighted by Gasteiger charge is 2.38. The standard InChI is InChI=1S/C28H39F5/c1-2-3-4-5-6-7-20-8-10-21(11-9-20)12-13-22-14-16-23(17-15-22)24-18-25(29)27(26(30)19-24)28(31,32)33/h12-13,18-23H,2-11,14-17H2,1H3/b13-12+/t20-,21-,22-,23-. The molecule has 5 heteroatoms. The fraction of sp³-hybridized carbons (Fsp3) is 0.714. The zero-order valence-corrected chi connectivity index (χ0v) is 19.9. The van der Waals surface area contributed by atoms with Gasteiger partial charge < -0.3 is 0 Å². The maximum atomic E-state index is 13.9. The van der Waals surface area contributed by atoms with Gasteiger partial charge in [0, 0.05) is 0 Å². The molecule has 0 amide bonds. The van der Waals surface area contributed by atoms with Crippen LogP contribution in [0.3, 0.4) is 0 Å². The van der Waals surface area contributed by atoms with Crippen LogP contribution in [0.15, 0.2) is 24.3 Å². The van der Waals surface area contributed by atoms with Gasteiger partial charge in [0.25, 0.3) is 0 Å². The number of unbranched alkanes of at least 4 members (excludes halogenated alkanes) is 4. The summed E-state index contributed by atoms with van der Waals surface area (Å²) in [6.45, 7) is 2.25. The molecule has 2 saturated carbocycles. The lowest BCUT2D eigenvalue weighted by molar-refractivity contribution is -0.142. The minimum atomic E-state index is -5.01. The predicted molar refractivity (Wildman–Crippen MR) is 124 cm³/mol. The van der Waals surface area contributed by atoms with E-state index in [1.54, 1.807) is 0 Å². The fourth-order valence-corrected chi connectivity index (χ4v) is 5.76. The molecule has 0 nitrogen and oxygen atoms in total. The Labute approximate surface area is 196 Å². The van der Waals surface area contributed by atoms with Gasteiger partial charge in [-0.3, -0.25) is 0 Å². The largest absolute Gasteiger partial charge is 0.422 e. The molecule has 0 aliphatic heterocycles. The second-order valence-corrected chi connectivity index (χ2v) is 10.3. The van der Waals surface area contributed by atoms with Gasteiger partial charge in [-0.05, 0) is 92.7 Å². The lowest BCUT2D eigenvalue weighted by Crippen LogP contribution is -2.16. The molecule has 0 N–H and O–H groups in total. The fourth-order valence-electron chi connectivity index (χ4n) is 5.76. The minimum Gasteiger partial charge on any atom is -0.206 e. The van der Waals surface area contributed by atoms with Crippen LogP contribution in [0.5, 0.6) is 0 Å². The molecule has 0 heterocycles. The summed E-state index contributed by atoms with van der Waals surface area (Å²) in [5.41, 5.74) is -1.43. The summed E-state index contributed by atoms with van der Waals surface area (Å²) in [7, 11) is 0. The molecule has 1 aromatic rings. The van der Waals surface area contributed by atoms with E-state index in [2.05, 4.69) is 19.1 Å². The van der Waals surface area contributed by atoms with Gasteiger partial charge in [0.05, 0.1) is 0 Å². The van der Waals surface area contributed by atoms with E-state index in [9.17, 15) is 22.0 Å². The third-order valence-electron chi connectivity index (χ3n) is 7.85. The van der Waals surface area contributed by atoms with E-state index >= 15 is 0 Å². The Kier molecular flexibility index (Phi) is 9.81. The van der Waals surface area contributed by atoms with Crippen molar-refractivity contribution in [1.82, 2.24) is 0 Å². The van der Waals surface area contributed by atoms with Crippen LogP contribution in [0, 0.1) is 29.4 Å². The van der Waals surface area contributed by atoms with E-state index < -0.39 is 23.4 Å². The van der Waals surface area contributed by atoms with Crippen LogP contribution >= 0.6 is 0 Å². The van der Waals surface area contributed by atoms with Crippen LogP contribution in [0.1, 0.15) is 114 Å². The van der Waals surface area contributed by atoms with Gasteiger partial charge >= 0.3 is 6.18 Å². The Morgan fingerprint density at radius 2 is 1.27 bits per heavy atom. The first-order chi connectivity index (χ1) is 15.8. The van der Waals surface area contributed by atoms with E-state index in [4.69, 9.17) is 0 Å². The molecule has 2 aliphatic rings. The number of rotatable bonds is 9. The minimum absolute atomic E-state index is 0.0753. The van der Waals surface area contributed by atoms with Crippen LogP contribution in [0.25, 0.3) is 0 Å². The first kappa shape index (κ1) is 26.2.